The van der Waals surface area contributed by atoms with E-state index in [9.17, 15) is 4.79 Å². The summed E-state index contributed by atoms with van der Waals surface area (Å²) in [4.78, 5) is 12.0. The van der Waals surface area contributed by atoms with Gasteiger partial charge in [-0.25, -0.2) is 4.79 Å². The Bertz CT molecular complexity index is 647. The van der Waals surface area contributed by atoms with Gasteiger partial charge >= 0.3 is 6.09 Å². The fraction of sp³-hybridized carbons (Fsp3) is 0.350. The average Bonchev–Trinajstić information content (AvgIpc) is 2.67. The zero-order valence-corrected chi connectivity index (χ0v) is 14.1. The second-order valence-corrected chi connectivity index (χ2v) is 5.97. The van der Waals surface area contributed by atoms with Crippen molar-refractivity contribution in [3.05, 3.63) is 71.8 Å². The van der Waals surface area contributed by atoms with E-state index in [2.05, 4.69) is 5.32 Å². The molecule has 2 aromatic rings. The molecule has 2 aromatic carbocycles. The molecule has 0 saturated carbocycles. The van der Waals surface area contributed by atoms with Crippen LogP contribution in [-0.4, -0.2) is 25.0 Å². The molecule has 2 atom stereocenters. The van der Waals surface area contributed by atoms with Crippen LogP contribution in [0.3, 0.4) is 0 Å². The quantitative estimate of drug-likeness (QED) is 0.872. The molecule has 25 heavy (non-hydrogen) atoms. The van der Waals surface area contributed by atoms with E-state index >= 15 is 0 Å². The minimum absolute atomic E-state index is 0.182. The molecule has 0 aromatic heterocycles. The highest BCUT2D eigenvalue weighted by molar-refractivity contribution is 5.67. The van der Waals surface area contributed by atoms with E-state index in [4.69, 9.17) is 14.2 Å². The van der Waals surface area contributed by atoms with Crippen LogP contribution in [-0.2, 0) is 27.4 Å². The van der Waals surface area contributed by atoms with Crippen molar-refractivity contribution in [3.8, 4) is 0 Å². The van der Waals surface area contributed by atoms with Crippen LogP contribution in [0.1, 0.15) is 24.0 Å². The molecule has 5 heteroatoms. The van der Waals surface area contributed by atoms with Crippen LogP contribution in [0, 0.1) is 0 Å². The number of rotatable bonds is 6. The lowest BCUT2D eigenvalue weighted by atomic mass is 10.1. The van der Waals surface area contributed by atoms with Crippen LogP contribution in [0.15, 0.2) is 60.7 Å². The molecule has 5 nitrogen and oxygen atoms in total. The molecule has 0 bridgehead atoms. The van der Waals surface area contributed by atoms with Crippen LogP contribution in [0.5, 0.6) is 0 Å². The summed E-state index contributed by atoms with van der Waals surface area (Å²) in [6.07, 6.45) is 0.593. The molecule has 2 unspecified atom stereocenters. The first kappa shape index (κ1) is 17.5. The van der Waals surface area contributed by atoms with Crippen molar-refractivity contribution in [2.45, 2.75) is 38.4 Å². The second-order valence-electron chi connectivity index (χ2n) is 5.97. The number of nitrogens with one attached hydrogen (secondary N) is 1. The first-order valence-electron chi connectivity index (χ1n) is 8.55. The molecule has 1 heterocycles. The summed E-state index contributed by atoms with van der Waals surface area (Å²) in [7, 11) is 0. The lowest BCUT2D eigenvalue weighted by molar-refractivity contribution is -0.121. The van der Waals surface area contributed by atoms with Gasteiger partial charge in [0.25, 0.3) is 0 Å². The van der Waals surface area contributed by atoms with Crippen molar-refractivity contribution in [1.29, 1.82) is 0 Å². The highest BCUT2D eigenvalue weighted by Crippen LogP contribution is 2.17. The maximum Gasteiger partial charge on any atom is 0.409 e. The molecule has 3 rings (SSSR count). The molecule has 0 aliphatic carbocycles. The van der Waals surface area contributed by atoms with Gasteiger partial charge in [0.2, 0.25) is 0 Å². The summed E-state index contributed by atoms with van der Waals surface area (Å²) in [6.45, 7) is 1.33. The fourth-order valence-electron chi connectivity index (χ4n) is 2.72. The van der Waals surface area contributed by atoms with Gasteiger partial charge in [-0.3, -0.25) is 5.32 Å². The van der Waals surface area contributed by atoms with E-state index < -0.39 is 12.3 Å². The molecule has 1 aliphatic heterocycles. The van der Waals surface area contributed by atoms with Crippen LogP contribution >= 0.6 is 0 Å². The normalized spacial score (nSPS) is 20.0. The number of hydrogen-bond acceptors (Lipinski definition) is 4. The Balaban J connectivity index is 1.47. The summed E-state index contributed by atoms with van der Waals surface area (Å²) in [6, 6.07) is 19.5. The molecule has 1 fully saturated rings. The number of carbonyl (C=O) groups excluding carboxylic acids is 1. The third-order valence-corrected chi connectivity index (χ3v) is 4.05. The minimum atomic E-state index is -0.496. The van der Waals surface area contributed by atoms with Crippen molar-refractivity contribution >= 4 is 6.09 Å². The number of ether oxygens (including phenoxy) is 3. The van der Waals surface area contributed by atoms with Gasteiger partial charge in [-0.15, -0.1) is 0 Å². The van der Waals surface area contributed by atoms with E-state index in [1.54, 1.807) is 0 Å². The number of hydrogen-bond donors (Lipinski definition) is 1. The zero-order valence-electron chi connectivity index (χ0n) is 14.1. The molecule has 1 amide bonds. The highest BCUT2D eigenvalue weighted by atomic mass is 16.6. The van der Waals surface area contributed by atoms with Crippen molar-refractivity contribution in [1.82, 2.24) is 5.32 Å². The third kappa shape index (κ3) is 5.59. The zero-order chi connectivity index (χ0) is 17.3. The van der Waals surface area contributed by atoms with Gasteiger partial charge in [-0.05, 0) is 24.0 Å². The first-order valence-corrected chi connectivity index (χ1v) is 8.55. The molecule has 1 N–H and O–H groups in total. The molecular formula is C20H23NO4. The lowest BCUT2D eigenvalue weighted by Crippen LogP contribution is -2.49. The fourth-order valence-corrected chi connectivity index (χ4v) is 2.72. The van der Waals surface area contributed by atoms with Crippen molar-refractivity contribution in [3.63, 3.8) is 0 Å². The smallest absolute Gasteiger partial charge is 0.409 e. The minimum Gasteiger partial charge on any atom is -0.445 e. The Morgan fingerprint density at radius 1 is 1.00 bits per heavy atom. The van der Waals surface area contributed by atoms with Crippen molar-refractivity contribution in [2.24, 2.45) is 0 Å². The van der Waals surface area contributed by atoms with Crippen LogP contribution in [0.4, 0.5) is 4.79 Å². The van der Waals surface area contributed by atoms with Gasteiger partial charge in [-0.1, -0.05) is 60.7 Å². The molecule has 0 spiro atoms. The standard InChI is InChI=1S/C20H23NO4/c22-20(25-15-17-10-5-2-6-11-17)21-19-18(12-7-13-23-19)24-14-16-8-3-1-4-9-16/h1-6,8-11,18-19H,7,12-15H2,(H,21,22). The predicted octanol–water partition coefficient (Wildman–Crippen LogP) is 3.63. The monoisotopic (exact) mass is 341 g/mol. The Morgan fingerprint density at radius 3 is 2.32 bits per heavy atom. The SMILES string of the molecule is O=C(NC1OCCCC1OCc1ccccc1)OCc1ccccc1. The number of benzene rings is 2. The van der Waals surface area contributed by atoms with Crippen molar-refractivity contribution in [2.75, 3.05) is 6.61 Å². The molecule has 1 saturated heterocycles. The Kier molecular flexibility index (Phi) is 6.42. The maximum atomic E-state index is 12.0. The summed E-state index contributed by atoms with van der Waals surface area (Å²) in [5, 5.41) is 2.77. The van der Waals surface area contributed by atoms with Gasteiger partial charge < -0.3 is 14.2 Å². The second kappa shape index (κ2) is 9.20. The predicted molar refractivity (Wildman–Crippen MR) is 93.8 cm³/mol. The van der Waals surface area contributed by atoms with Gasteiger partial charge in [-0.2, -0.15) is 0 Å². The summed E-state index contributed by atoms with van der Waals surface area (Å²) in [5.41, 5.74) is 2.04. The maximum absolute atomic E-state index is 12.0. The lowest BCUT2D eigenvalue weighted by Gasteiger charge is -2.31. The van der Waals surface area contributed by atoms with Crippen LogP contribution in [0.2, 0.25) is 0 Å². The van der Waals surface area contributed by atoms with Gasteiger partial charge in [0.15, 0.2) is 6.23 Å². The van der Waals surface area contributed by atoms with Gasteiger partial charge in [0.05, 0.1) is 6.61 Å². The molecule has 132 valence electrons. The van der Waals surface area contributed by atoms with E-state index in [0.717, 1.165) is 24.0 Å². The Labute approximate surface area is 147 Å². The van der Waals surface area contributed by atoms with Crippen molar-refractivity contribution < 1.29 is 19.0 Å². The first-order chi connectivity index (χ1) is 12.3. The topological polar surface area (TPSA) is 56.8 Å². The van der Waals surface area contributed by atoms with E-state index in [-0.39, 0.29) is 12.7 Å². The summed E-state index contributed by atoms with van der Waals surface area (Å²) in [5.74, 6) is 0. The third-order valence-electron chi connectivity index (χ3n) is 4.05. The molecule has 0 radical (unpaired) electrons. The number of alkyl carbamates (subject to hydrolysis) is 1. The van der Waals surface area contributed by atoms with Crippen LogP contribution < -0.4 is 5.32 Å². The largest absolute Gasteiger partial charge is 0.445 e. The summed E-state index contributed by atoms with van der Waals surface area (Å²) < 4.78 is 16.9. The average molecular weight is 341 g/mol. The highest BCUT2D eigenvalue weighted by Gasteiger charge is 2.28. The van der Waals surface area contributed by atoms with Crippen LogP contribution in [0.25, 0.3) is 0 Å². The number of amides is 1. The van der Waals surface area contributed by atoms with E-state index in [1.165, 1.54) is 0 Å². The van der Waals surface area contributed by atoms with E-state index in [0.29, 0.717) is 13.2 Å². The Hall–Kier alpha value is -2.37. The molecular weight excluding hydrogens is 318 g/mol. The van der Waals surface area contributed by atoms with Gasteiger partial charge in [0.1, 0.15) is 12.7 Å². The van der Waals surface area contributed by atoms with Gasteiger partial charge in [0, 0.05) is 6.61 Å². The molecule has 1 aliphatic rings. The Morgan fingerprint density at radius 2 is 1.64 bits per heavy atom. The van der Waals surface area contributed by atoms with E-state index in [1.807, 2.05) is 60.7 Å². The number of carbonyl (C=O) groups is 1. The summed E-state index contributed by atoms with van der Waals surface area (Å²) >= 11 is 0.